The van der Waals surface area contributed by atoms with Crippen molar-refractivity contribution in [3.63, 3.8) is 0 Å². The maximum Gasteiger partial charge on any atom is 0.252 e. The number of nitrogen functional groups attached to an aromatic ring is 1. The van der Waals surface area contributed by atoms with Crippen LogP contribution in [0, 0.1) is 6.92 Å². The lowest BCUT2D eigenvalue weighted by molar-refractivity contribution is 0.0957. The molecule has 0 aliphatic heterocycles. The lowest BCUT2D eigenvalue weighted by Gasteiger charge is -2.02. The molecule has 0 saturated carbocycles. The molecule has 0 fully saturated rings. The van der Waals surface area contributed by atoms with Crippen LogP contribution in [0.1, 0.15) is 10.4 Å². The van der Waals surface area contributed by atoms with Crippen molar-refractivity contribution in [1.82, 2.24) is 10.3 Å². The highest BCUT2D eigenvalue weighted by molar-refractivity contribution is 5.94. The van der Waals surface area contributed by atoms with Crippen LogP contribution >= 0.6 is 0 Å². The molecule has 0 aliphatic rings. The number of hydrogen-bond acceptors (Lipinski definition) is 4. The van der Waals surface area contributed by atoms with Crippen molar-refractivity contribution >= 4 is 11.7 Å². The van der Waals surface area contributed by atoms with E-state index in [2.05, 4.69) is 22.7 Å². The molecule has 0 atom stereocenters. The maximum absolute atomic E-state index is 11.2. The summed E-state index contributed by atoms with van der Waals surface area (Å²) in [6.45, 7) is 3.86. The van der Waals surface area contributed by atoms with Crippen molar-refractivity contribution in [2.75, 3.05) is 12.0 Å². The van der Waals surface area contributed by atoms with Crippen molar-refractivity contribution in [2.45, 2.75) is 0 Å². The second-order valence-corrected chi connectivity index (χ2v) is 2.33. The highest BCUT2D eigenvalue weighted by atomic mass is 16.1. The number of carbonyl (C=O) groups excluding carboxylic acids is 1. The highest BCUT2D eigenvalue weighted by Gasteiger charge is 2.03. The van der Waals surface area contributed by atoms with Gasteiger partial charge in [-0.25, -0.2) is 10.8 Å². The summed E-state index contributed by atoms with van der Waals surface area (Å²) in [5, 5.41) is 2.56. The Morgan fingerprint density at radius 2 is 2.38 bits per heavy atom. The number of nitrogens with zero attached hydrogens (tertiary/aromatic N) is 1. The Bertz CT molecular complexity index is 283. The third-order valence-corrected chi connectivity index (χ3v) is 1.46. The summed E-state index contributed by atoms with van der Waals surface area (Å²) >= 11 is 0. The van der Waals surface area contributed by atoms with Gasteiger partial charge in [-0.2, -0.15) is 0 Å². The fraction of sp³-hybridized carbons (Fsp3) is 0.125. The van der Waals surface area contributed by atoms with Crippen LogP contribution in [0.15, 0.2) is 18.3 Å². The number of carbonyl (C=O) groups is 1. The Hall–Kier alpha value is -1.62. The topological polar surface area (TPSA) is 80.0 Å². The van der Waals surface area contributed by atoms with Crippen molar-refractivity contribution in [3.05, 3.63) is 30.8 Å². The molecule has 69 valence electrons. The lowest BCUT2D eigenvalue weighted by atomic mass is 10.2. The largest absolute Gasteiger partial charge is 0.352 e. The molecule has 1 amide bonds. The summed E-state index contributed by atoms with van der Waals surface area (Å²) < 4.78 is 0. The third-order valence-electron chi connectivity index (χ3n) is 1.46. The van der Waals surface area contributed by atoms with Gasteiger partial charge in [0.25, 0.3) is 5.91 Å². The zero-order valence-corrected chi connectivity index (χ0v) is 7.08. The minimum absolute atomic E-state index is 0.189. The number of anilines is 1. The molecule has 1 aromatic heterocycles. The van der Waals surface area contributed by atoms with Crippen LogP contribution in [-0.2, 0) is 0 Å². The summed E-state index contributed by atoms with van der Waals surface area (Å²) in [6.07, 6.45) is 1.44. The second kappa shape index (κ2) is 4.42. The fourth-order valence-electron chi connectivity index (χ4n) is 0.829. The van der Waals surface area contributed by atoms with E-state index in [1.165, 1.54) is 6.20 Å². The van der Waals surface area contributed by atoms with E-state index in [1.807, 2.05) is 0 Å². The van der Waals surface area contributed by atoms with Crippen LogP contribution in [-0.4, -0.2) is 17.4 Å². The van der Waals surface area contributed by atoms with E-state index in [4.69, 9.17) is 5.84 Å². The van der Waals surface area contributed by atoms with Gasteiger partial charge in [0.15, 0.2) is 0 Å². The van der Waals surface area contributed by atoms with Crippen molar-refractivity contribution in [1.29, 1.82) is 0 Å². The predicted molar refractivity (Wildman–Crippen MR) is 49.7 cm³/mol. The van der Waals surface area contributed by atoms with E-state index >= 15 is 0 Å². The van der Waals surface area contributed by atoms with Gasteiger partial charge in [0.2, 0.25) is 0 Å². The number of hydrogen-bond donors (Lipinski definition) is 3. The number of rotatable bonds is 3. The number of amides is 1. The predicted octanol–water partition coefficient (Wildman–Crippen LogP) is -0.0689. The smallest absolute Gasteiger partial charge is 0.252 e. The zero-order valence-electron chi connectivity index (χ0n) is 7.08. The first-order chi connectivity index (χ1) is 6.27. The van der Waals surface area contributed by atoms with Gasteiger partial charge >= 0.3 is 0 Å². The van der Waals surface area contributed by atoms with Gasteiger partial charge in [0, 0.05) is 12.7 Å². The highest BCUT2D eigenvalue weighted by Crippen LogP contribution is 2.02. The summed E-state index contributed by atoms with van der Waals surface area (Å²) in [5.41, 5.74) is 2.86. The molecule has 0 aliphatic carbocycles. The molecule has 5 heteroatoms. The monoisotopic (exact) mass is 179 g/mol. The van der Waals surface area contributed by atoms with Crippen LogP contribution in [0.2, 0.25) is 0 Å². The quantitative estimate of drug-likeness (QED) is 0.448. The maximum atomic E-state index is 11.2. The Morgan fingerprint density at radius 3 is 2.85 bits per heavy atom. The summed E-state index contributed by atoms with van der Waals surface area (Å²) in [7, 11) is 0. The third kappa shape index (κ3) is 2.41. The first kappa shape index (κ1) is 9.47. The summed E-state index contributed by atoms with van der Waals surface area (Å²) in [6, 6.07) is 3.26. The summed E-state index contributed by atoms with van der Waals surface area (Å²) in [5.74, 6) is 5.44. The molecule has 5 nitrogen and oxygen atoms in total. The minimum atomic E-state index is -0.189. The van der Waals surface area contributed by atoms with Gasteiger partial charge in [-0.1, -0.05) is 0 Å². The first-order valence-electron chi connectivity index (χ1n) is 3.78. The number of aromatic nitrogens is 1. The van der Waals surface area contributed by atoms with Gasteiger partial charge < -0.3 is 10.7 Å². The van der Waals surface area contributed by atoms with Crippen LogP contribution in [0.3, 0.4) is 0 Å². The minimum Gasteiger partial charge on any atom is -0.352 e. The average molecular weight is 179 g/mol. The molecule has 1 heterocycles. The Kier molecular flexibility index (Phi) is 3.22. The van der Waals surface area contributed by atoms with Crippen LogP contribution < -0.4 is 16.6 Å². The molecule has 4 N–H and O–H groups in total. The number of nitrogens with two attached hydrogens (primary N) is 1. The van der Waals surface area contributed by atoms with E-state index in [-0.39, 0.29) is 5.91 Å². The second-order valence-electron chi connectivity index (χ2n) is 2.33. The van der Waals surface area contributed by atoms with Crippen molar-refractivity contribution in [2.24, 2.45) is 5.84 Å². The Morgan fingerprint density at radius 1 is 1.62 bits per heavy atom. The lowest BCUT2D eigenvalue weighted by Crippen LogP contribution is -2.23. The van der Waals surface area contributed by atoms with Crippen molar-refractivity contribution in [3.8, 4) is 0 Å². The van der Waals surface area contributed by atoms with Crippen LogP contribution in [0.4, 0.5) is 5.82 Å². The molecular weight excluding hydrogens is 168 g/mol. The SMILES string of the molecule is [CH2]CNC(=O)c1ccc(NN)nc1. The van der Waals surface area contributed by atoms with Gasteiger partial charge in [-0.15, -0.1) is 0 Å². The van der Waals surface area contributed by atoms with E-state index in [1.54, 1.807) is 12.1 Å². The van der Waals surface area contributed by atoms with E-state index in [9.17, 15) is 4.79 Å². The van der Waals surface area contributed by atoms with E-state index < -0.39 is 0 Å². The Balaban J connectivity index is 2.74. The summed E-state index contributed by atoms with van der Waals surface area (Å²) in [4.78, 5) is 15.1. The molecule has 1 aromatic rings. The molecular formula is C8H11N4O. The van der Waals surface area contributed by atoms with Gasteiger partial charge in [0.1, 0.15) is 5.82 Å². The number of nitrogens with one attached hydrogen (secondary N) is 2. The van der Waals surface area contributed by atoms with Crippen LogP contribution in [0.5, 0.6) is 0 Å². The first-order valence-corrected chi connectivity index (χ1v) is 3.78. The molecule has 1 radical (unpaired) electrons. The molecule has 13 heavy (non-hydrogen) atoms. The molecule has 0 aromatic carbocycles. The zero-order chi connectivity index (χ0) is 9.68. The molecule has 0 saturated heterocycles. The number of pyridine rings is 1. The average Bonchev–Trinajstić information content (AvgIpc) is 2.18. The molecule has 0 spiro atoms. The molecule has 1 rings (SSSR count). The van der Waals surface area contributed by atoms with Crippen molar-refractivity contribution < 1.29 is 4.79 Å². The van der Waals surface area contributed by atoms with E-state index in [0.717, 1.165) is 0 Å². The number of hydrazine groups is 1. The molecule has 0 bridgehead atoms. The van der Waals surface area contributed by atoms with Gasteiger partial charge in [-0.3, -0.25) is 4.79 Å². The van der Waals surface area contributed by atoms with Gasteiger partial charge in [-0.05, 0) is 19.1 Å². The van der Waals surface area contributed by atoms with Crippen LogP contribution in [0.25, 0.3) is 0 Å². The van der Waals surface area contributed by atoms with Gasteiger partial charge in [0.05, 0.1) is 5.56 Å². The standard InChI is InChI=1S/C8H11N4O/c1-2-10-8(13)6-3-4-7(12-9)11-5-6/h3-5H,1-2,9H2,(H,10,13)(H,11,12). The Labute approximate surface area is 76.3 Å². The van der Waals surface area contributed by atoms with E-state index in [0.29, 0.717) is 17.9 Å². The normalized spacial score (nSPS) is 9.38. The fourth-order valence-corrected chi connectivity index (χ4v) is 0.829. The molecule has 0 unspecified atom stereocenters.